The molecule has 7 unspecified atom stereocenters. The van der Waals surface area contributed by atoms with Crippen LogP contribution >= 0.6 is 0 Å². The third kappa shape index (κ3) is 39.1. The van der Waals surface area contributed by atoms with Gasteiger partial charge >= 0.3 is 0 Å². The van der Waals surface area contributed by atoms with Gasteiger partial charge in [0.05, 0.1) is 25.4 Å². The van der Waals surface area contributed by atoms with E-state index in [-0.39, 0.29) is 12.5 Å². The quantitative estimate of drug-likeness (QED) is 0.0261. The standard InChI is InChI=1S/C60H109NO8/c1-3-5-7-9-11-13-15-17-19-21-23-25-26-27-28-30-32-34-36-38-40-42-44-46-48-50-56(64)61-53(52-68-60-59(67)58(66)57(65)55(51-62)69-60)54(63)49-47-45-43-41-39-37-35-33-31-29-24-22-20-18-16-14-12-10-8-6-4-2/h5,7,11,13,17,19,23,25,47,49,53-55,57-60,62-63,65-67H,3-4,6,8-10,12,14-16,18,20-22,24,26-46,48,50-52H2,1-2H3,(H,61,64)/b7-5-,13-11-,19-17-,25-23-,49-47+. The average Bonchev–Trinajstić information content (AvgIpc) is 3.35. The number of aliphatic hydroxyl groups excluding tert-OH is 5. The second kappa shape index (κ2) is 49.5. The number of aliphatic hydroxyl groups is 5. The molecule has 1 fully saturated rings. The Labute approximate surface area is 424 Å². The van der Waals surface area contributed by atoms with Crippen LogP contribution in [0, 0.1) is 0 Å². The number of carbonyl (C=O) groups is 1. The van der Waals surface area contributed by atoms with Crippen LogP contribution < -0.4 is 5.32 Å². The van der Waals surface area contributed by atoms with Gasteiger partial charge in [0.25, 0.3) is 0 Å². The van der Waals surface area contributed by atoms with Crippen LogP contribution in [0.4, 0.5) is 0 Å². The van der Waals surface area contributed by atoms with Gasteiger partial charge in [-0.3, -0.25) is 4.79 Å². The highest BCUT2D eigenvalue weighted by molar-refractivity contribution is 5.76. The van der Waals surface area contributed by atoms with Crippen molar-refractivity contribution in [2.45, 2.75) is 301 Å². The number of nitrogens with one attached hydrogen (secondary N) is 1. The van der Waals surface area contributed by atoms with Crippen molar-refractivity contribution in [2.75, 3.05) is 13.2 Å². The van der Waals surface area contributed by atoms with E-state index in [1.807, 2.05) is 6.08 Å². The van der Waals surface area contributed by atoms with Gasteiger partial charge < -0.3 is 40.3 Å². The number of allylic oxidation sites excluding steroid dienone is 9. The van der Waals surface area contributed by atoms with Gasteiger partial charge in [0.15, 0.2) is 6.29 Å². The first-order chi connectivity index (χ1) is 33.8. The minimum atomic E-state index is -1.57. The van der Waals surface area contributed by atoms with E-state index in [1.165, 1.54) is 173 Å². The predicted molar refractivity (Wildman–Crippen MR) is 290 cm³/mol. The highest BCUT2D eigenvalue weighted by Gasteiger charge is 2.44. The molecule has 0 aliphatic carbocycles. The molecule has 1 rings (SSSR count). The number of rotatable bonds is 49. The molecular formula is C60H109NO8. The number of unbranched alkanes of at least 4 members (excludes halogenated alkanes) is 31. The van der Waals surface area contributed by atoms with E-state index in [1.54, 1.807) is 6.08 Å². The first-order valence-corrected chi connectivity index (χ1v) is 29.0. The Bertz CT molecular complexity index is 1270. The largest absolute Gasteiger partial charge is 0.394 e. The maximum absolute atomic E-state index is 13.1. The molecule has 9 heteroatoms. The number of ether oxygens (including phenoxy) is 2. The van der Waals surface area contributed by atoms with E-state index in [0.29, 0.717) is 6.42 Å². The summed E-state index contributed by atoms with van der Waals surface area (Å²) in [6.45, 7) is 3.69. The summed E-state index contributed by atoms with van der Waals surface area (Å²) in [5.41, 5.74) is 0. The molecule has 1 heterocycles. The summed E-state index contributed by atoms with van der Waals surface area (Å²) in [6, 6.07) is -0.809. The fraction of sp³-hybridized carbons (Fsp3) is 0.817. The first-order valence-electron chi connectivity index (χ1n) is 29.0. The van der Waals surface area contributed by atoms with Crippen LogP contribution in [-0.2, 0) is 14.3 Å². The lowest BCUT2D eigenvalue weighted by atomic mass is 9.99. The van der Waals surface area contributed by atoms with Crippen molar-refractivity contribution in [1.82, 2.24) is 5.32 Å². The molecule has 69 heavy (non-hydrogen) atoms. The van der Waals surface area contributed by atoms with Crippen LogP contribution in [0.1, 0.15) is 258 Å². The minimum Gasteiger partial charge on any atom is -0.394 e. The van der Waals surface area contributed by atoms with Crippen LogP contribution in [0.15, 0.2) is 60.8 Å². The average molecular weight is 973 g/mol. The molecule has 0 radical (unpaired) electrons. The molecule has 6 N–H and O–H groups in total. The fourth-order valence-corrected chi connectivity index (χ4v) is 9.03. The Morgan fingerprint density at radius 1 is 0.507 bits per heavy atom. The summed E-state index contributed by atoms with van der Waals surface area (Å²) >= 11 is 0. The van der Waals surface area contributed by atoms with Gasteiger partial charge in [-0.15, -0.1) is 0 Å². The summed E-state index contributed by atoms with van der Waals surface area (Å²) in [7, 11) is 0. The van der Waals surface area contributed by atoms with Crippen LogP contribution in [0.2, 0.25) is 0 Å². The zero-order valence-corrected chi connectivity index (χ0v) is 44.6. The van der Waals surface area contributed by atoms with Crippen molar-refractivity contribution in [3.05, 3.63) is 60.8 Å². The number of hydrogen-bond donors (Lipinski definition) is 6. The summed E-state index contributed by atoms with van der Waals surface area (Å²) < 4.78 is 11.3. The lowest BCUT2D eigenvalue weighted by Gasteiger charge is -2.40. The monoisotopic (exact) mass is 972 g/mol. The van der Waals surface area contributed by atoms with Gasteiger partial charge in [-0.25, -0.2) is 0 Å². The maximum Gasteiger partial charge on any atom is 0.220 e. The smallest absolute Gasteiger partial charge is 0.220 e. The van der Waals surface area contributed by atoms with Gasteiger partial charge in [0.2, 0.25) is 5.91 Å². The molecule has 0 spiro atoms. The second-order valence-corrected chi connectivity index (χ2v) is 20.1. The van der Waals surface area contributed by atoms with Gasteiger partial charge in [-0.05, 0) is 57.8 Å². The Balaban J connectivity index is 2.23. The molecular weight excluding hydrogens is 863 g/mol. The van der Waals surface area contributed by atoms with E-state index < -0.39 is 49.5 Å². The van der Waals surface area contributed by atoms with Crippen LogP contribution in [0.25, 0.3) is 0 Å². The molecule has 1 saturated heterocycles. The van der Waals surface area contributed by atoms with Crippen LogP contribution in [0.5, 0.6) is 0 Å². The fourth-order valence-electron chi connectivity index (χ4n) is 9.03. The molecule has 0 bridgehead atoms. The van der Waals surface area contributed by atoms with E-state index in [9.17, 15) is 30.3 Å². The highest BCUT2D eigenvalue weighted by Crippen LogP contribution is 2.23. The molecule has 0 aromatic heterocycles. The summed E-state index contributed by atoms with van der Waals surface area (Å²) in [4.78, 5) is 13.1. The van der Waals surface area contributed by atoms with Crippen molar-refractivity contribution in [3.8, 4) is 0 Å². The third-order valence-electron chi connectivity index (χ3n) is 13.6. The molecule has 1 aliphatic heterocycles. The molecule has 0 aromatic carbocycles. The highest BCUT2D eigenvalue weighted by atomic mass is 16.7. The zero-order valence-electron chi connectivity index (χ0n) is 44.6. The maximum atomic E-state index is 13.1. The molecule has 9 nitrogen and oxygen atoms in total. The molecule has 1 amide bonds. The predicted octanol–water partition coefficient (Wildman–Crippen LogP) is 14.3. The Kier molecular flexibility index (Phi) is 46.5. The molecule has 402 valence electrons. The molecule has 7 atom stereocenters. The second-order valence-electron chi connectivity index (χ2n) is 20.1. The van der Waals surface area contributed by atoms with E-state index in [0.717, 1.165) is 64.2 Å². The van der Waals surface area contributed by atoms with Crippen molar-refractivity contribution in [1.29, 1.82) is 0 Å². The number of hydrogen-bond acceptors (Lipinski definition) is 8. The van der Waals surface area contributed by atoms with Crippen molar-refractivity contribution < 1.29 is 39.8 Å². The van der Waals surface area contributed by atoms with Gasteiger partial charge in [0.1, 0.15) is 24.4 Å². The van der Waals surface area contributed by atoms with Gasteiger partial charge in [0, 0.05) is 6.42 Å². The summed E-state index contributed by atoms with van der Waals surface area (Å²) in [5, 5.41) is 54.5. The zero-order chi connectivity index (χ0) is 50.1. The lowest BCUT2D eigenvalue weighted by Crippen LogP contribution is -2.60. The number of carbonyl (C=O) groups excluding carboxylic acids is 1. The lowest BCUT2D eigenvalue weighted by molar-refractivity contribution is -0.302. The third-order valence-corrected chi connectivity index (χ3v) is 13.6. The van der Waals surface area contributed by atoms with Gasteiger partial charge in [-0.2, -0.15) is 0 Å². The van der Waals surface area contributed by atoms with Crippen molar-refractivity contribution in [3.63, 3.8) is 0 Å². The van der Waals surface area contributed by atoms with E-state index in [4.69, 9.17) is 9.47 Å². The number of amides is 1. The Morgan fingerprint density at radius 3 is 1.33 bits per heavy atom. The van der Waals surface area contributed by atoms with E-state index >= 15 is 0 Å². The Morgan fingerprint density at radius 2 is 0.899 bits per heavy atom. The topological polar surface area (TPSA) is 149 Å². The normalized spacial score (nSPS) is 19.9. The summed E-state index contributed by atoms with van der Waals surface area (Å²) in [5.74, 6) is -0.179. The first kappa shape index (κ1) is 64.9. The Hall–Kier alpha value is -2.11. The molecule has 0 aromatic rings. The summed E-state index contributed by atoms with van der Waals surface area (Å²) in [6.07, 6.45) is 59.9. The van der Waals surface area contributed by atoms with E-state index in [2.05, 4.69) is 67.8 Å². The molecule has 0 saturated carbocycles. The van der Waals surface area contributed by atoms with Crippen LogP contribution in [-0.4, -0.2) is 87.5 Å². The van der Waals surface area contributed by atoms with Crippen molar-refractivity contribution >= 4 is 5.91 Å². The van der Waals surface area contributed by atoms with Gasteiger partial charge in [-0.1, -0.05) is 254 Å². The van der Waals surface area contributed by atoms with Crippen LogP contribution in [0.3, 0.4) is 0 Å². The molecule has 1 aliphatic rings. The van der Waals surface area contributed by atoms with Crippen molar-refractivity contribution in [2.24, 2.45) is 0 Å². The minimum absolute atomic E-state index is 0.179. The SMILES string of the molecule is CC/C=C\C/C=C\C/C=C\C/C=C\CCCCCCCCCCCCCCC(=O)NC(COC1OC(CO)C(O)C(O)C1O)C(O)/C=C/CCCCCCCCCCCCCCCCCCCCC.